The van der Waals surface area contributed by atoms with Crippen molar-refractivity contribution >= 4 is 29.4 Å². The van der Waals surface area contributed by atoms with Gasteiger partial charge in [-0.1, -0.05) is 11.6 Å². The SMILES string of the molecule is Cc1cc(Cl)c(C(=O)N(CC(=O)O)CC(=O)O)cn1. The number of carbonyl (C=O) groups excluding carboxylic acids is 1. The van der Waals surface area contributed by atoms with Crippen molar-refractivity contribution < 1.29 is 24.6 Å². The van der Waals surface area contributed by atoms with Gasteiger partial charge in [0.2, 0.25) is 0 Å². The van der Waals surface area contributed by atoms with Crippen molar-refractivity contribution in [1.29, 1.82) is 0 Å². The highest BCUT2D eigenvalue weighted by Crippen LogP contribution is 2.17. The van der Waals surface area contributed by atoms with Crippen LogP contribution in [0, 0.1) is 6.92 Å². The molecule has 8 heteroatoms. The number of halogens is 1. The number of rotatable bonds is 5. The largest absolute Gasteiger partial charge is 0.480 e. The highest BCUT2D eigenvalue weighted by molar-refractivity contribution is 6.33. The molecule has 102 valence electrons. The fourth-order valence-electron chi connectivity index (χ4n) is 1.38. The lowest BCUT2D eigenvalue weighted by Crippen LogP contribution is -2.39. The molecular formula is C11H11ClN2O5. The Labute approximate surface area is 113 Å². The Hall–Kier alpha value is -2.15. The van der Waals surface area contributed by atoms with Gasteiger partial charge in [0.05, 0.1) is 10.6 Å². The molecule has 0 bridgehead atoms. The minimum absolute atomic E-state index is 0.0326. The van der Waals surface area contributed by atoms with Crippen molar-refractivity contribution in [2.75, 3.05) is 13.1 Å². The van der Waals surface area contributed by atoms with E-state index in [1.54, 1.807) is 6.92 Å². The van der Waals surface area contributed by atoms with Crippen molar-refractivity contribution in [1.82, 2.24) is 9.88 Å². The molecule has 0 unspecified atom stereocenters. The minimum Gasteiger partial charge on any atom is -0.480 e. The zero-order valence-electron chi connectivity index (χ0n) is 9.96. The average Bonchev–Trinajstić information content (AvgIpc) is 2.26. The van der Waals surface area contributed by atoms with Gasteiger partial charge in [0, 0.05) is 11.9 Å². The van der Waals surface area contributed by atoms with E-state index in [9.17, 15) is 14.4 Å². The quantitative estimate of drug-likeness (QED) is 0.823. The van der Waals surface area contributed by atoms with Crippen LogP contribution in [0.2, 0.25) is 5.02 Å². The molecule has 0 aromatic carbocycles. The van der Waals surface area contributed by atoms with Crippen LogP contribution in [0.1, 0.15) is 16.1 Å². The number of aliphatic carboxylic acids is 2. The van der Waals surface area contributed by atoms with Crippen LogP contribution in [-0.4, -0.2) is 51.0 Å². The van der Waals surface area contributed by atoms with Crippen LogP contribution in [0.5, 0.6) is 0 Å². The zero-order valence-corrected chi connectivity index (χ0v) is 10.7. The number of pyridine rings is 1. The van der Waals surface area contributed by atoms with Gasteiger partial charge >= 0.3 is 11.9 Å². The molecule has 0 spiro atoms. The second-order valence-corrected chi connectivity index (χ2v) is 4.16. The Bertz CT molecular complexity index is 516. The predicted molar refractivity (Wildman–Crippen MR) is 65.2 cm³/mol. The van der Waals surface area contributed by atoms with Crippen molar-refractivity contribution in [2.45, 2.75) is 6.92 Å². The molecule has 0 aliphatic carbocycles. The highest BCUT2D eigenvalue weighted by Gasteiger charge is 2.23. The van der Waals surface area contributed by atoms with Crippen molar-refractivity contribution in [3.63, 3.8) is 0 Å². The molecule has 1 rings (SSSR count). The summed E-state index contributed by atoms with van der Waals surface area (Å²) in [7, 11) is 0. The molecule has 0 radical (unpaired) electrons. The Kier molecular flexibility index (Phi) is 4.82. The fraction of sp³-hybridized carbons (Fsp3) is 0.273. The summed E-state index contributed by atoms with van der Waals surface area (Å²) in [5, 5.41) is 17.4. The van der Waals surface area contributed by atoms with E-state index < -0.39 is 30.9 Å². The number of carbonyl (C=O) groups is 3. The van der Waals surface area contributed by atoms with Crippen LogP contribution in [0.4, 0.5) is 0 Å². The first-order valence-electron chi connectivity index (χ1n) is 5.16. The van der Waals surface area contributed by atoms with E-state index >= 15 is 0 Å². The van der Waals surface area contributed by atoms with E-state index in [0.29, 0.717) is 10.6 Å². The standard InChI is InChI=1S/C11H11ClN2O5/c1-6-2-8(12)7(3-13-6)11(19)14(4-9(15)16)5-10(17)18/h2-3H,4-5H2,1H3,(H,15,16)(H,17,18). The van der Waals surface area contributed by atoms with Gasteiger partial charge in [-0.15, -0.1) is 0 Å². The normalized spacial score (nSPS) is 10.0. The lowest BCUT2D eigenvalue weighted by atomic mass is 10.2. The number of nitrogens with zero attached hydrogens (tertiary/aromatic N) is 2. The van der Waals surface area contributed by atoms with E-state index in [0.717, 1.165) is 0 Å². The molecule has 0 saturated carbocycles. The molecular weight excluding hydrogens is 276 g/mol. The zero-order chi connectivity index (χ0) is 14.6. The minimum atomic E-state index is -1.31. The number of hydrogen-bond donors (Lipinski definition) is 2. The van der Waals surface area contributed by atoms with Crippen LogP contribution in [0.25, 0.3) is 0 Å². The van der Waals surface area contributed by atoms with E-state index in [4.69, 9.17) is 21.8 Å². The molecule has 1 amide bonds. The Morgan fingerprint density at radius 1 is 1.26 bits per heavy atom. The van der Waals surface area contributed by atoms with Crippen LogP contribution in [-0.2, 0) is 9.59 Å². The van der Waals surface area contributed by atoms with Crippen LogP contribution in [0.15, 0.2) is 12.3 Å². The number of carboxylic acids is 2. The third kappa shape index (κ3) is 4.22. The number of aryl methyl sites for hydroxylation is 1. The number of hydrogen-bond acceptors (Lipinski definition) is 4. The Balaban J connectivity index is 3.04. The predicted octanol–water partition coefficient (Wildman–Crippen LogP) is 0.655. The molecule has 1 aromatic heterocycles. The molecule has 0 atom stereocenters. The maximum atomic E-state index is 12.0. The Morgan fingerprint density at radius 3 is 2.21 bits per heavy atom. The number of aromatic nitrogens is 1. The smallest absolute Gasteiger partial charge is 0.323 e. The summed E-state index contributed by atoms with van der Waals surface area (Å²) in [5.41, 5.74) is 0.555. The second-order valence-electron chi connectivity index (χ2n) is 3.75. The molecule has 2 N–H and O–H groups in total. The molecule has 1 heterocycles. The summed E-state index contributed by atoms with van der Waals surface area (Å²) < 4.78 is 0. The molecule has 7 nitrogen and oxygen atoms in total. The van der Waals surface area contributed by atoms with Gasteiger partial charge in [-0.25, -0.2) is 0 Å². The fourth-order valence-corrected chi connectivity index (χ4v) is 1.67. The maximum Gasteiger partial charge on any atom is 0.323 e. The van der Waals surface area contributed by atoms with Crippen molar-refractivity contribution in [2.24, 2.45) is 0 Å². The number of amides is 1. The second kappa shape index (κ2) is 6.14. The van der Waals surface area contributed by atoms with E-state index in [1.807, 2.05) is 0 Å². The maximum absolute atomic E-state index is 12.0. The average molecular weight is 287 g/mol. The van der Waals surface area contributed by atoms with Crippen LogP contribution in [0.3, 0.4) is 0 Å². The summed E-state index contributed by atoms with van der Waals surface area (Å²) in [5.74, 6) is -3.42. The van der Waals surface area contributed by atoms with Crippen LogP contribution < -0.4 is 0 Å². The van der Waals surface area contributed by atoms with Gasteiger partial charge in [-0.05, 0) is 13.0 Å². The van der Waals surface area contributed by atoms with Gasteiger partial charge in [-0.2, -0.15) is 0 Å². The van der Waals surface area contributed by atoms with Gasteiger partial charge in [0.25, 0.3) is 5.91 Å². The molecule has 1 aromatic rings. The molecule has 0 saturated heterocycles. The van der Waals surface area contributed by atoms with Crippen molar-refractivity contribution in [3.8, 4) is 0 Å². The summed E-state index contributed by atoms with van der Waals surface area (Å²) in [6, 6.07) is 1.44. The molecule has 19 heavy (non-hydrogen) atoms. The van der Waals surface area contributed by atoms with Crippen LogP contribution >= 0.6 is 11.6 Å². The summed E-state index contributed by atoms with van der Waals surface area (Å²) in [6.45, 7) is 0.219. The van der Waals surface area contributed by atoms with E-state index in [-0.39, 0.29) is 10.6 Å². The number of carboxylic acid groups (broad SMARTS) is 2. The van der Waals surface area contributed by atoms with Gasteiger partial charge in [0.15, 0.2) is 0 Å². The first-order chi connectivity index (χ1) is 8.81. The molecule has 0 aliphatic heterocycles. The van der Waals surface area contributed by atoms with Crippen molar-refractivity contribution in [3.05, 3.63) is 28.5 Å². The molecule has 0 fully saturated rings. The first kappa shape index (κ1) is 14.9. The van der Waals surface area contributed by atoms with Gasteiger partial charge < -0.3 is 15.1 Å². The summed E-state index contributed by atoms with van der Waals surface area (Å²) in [6.07, 6.45) is 1.19. The van der Waals surface area contributed by atoms with E-state index in [1.165, 1.54) is 12.3 Å². The summed E-state index contributed by atoms with van der Waals surface area (Å²) >= 11 is 5.86. The van der Waals surface area contributed by atoms with Gasteiger partial charge in [-0.3, -0.25) is 19.4 Å². The topological polar surface area (TPSA) is 108 Å². The lowest BCUT2D eigenvalue weighted by Gasteiger charge is -2.18. The van der Waals surface area contributed by atoms with E-state index in [2.05, 4.69) is 4.98 Å². The first-order valence-corrected chi connectivity index (χ1v) is 5.54. The third-order valence-electron chi connectivity index (χ3n) is 2.16. The Morgan fingerprint density at radius 2 is 1.79 bits per heavy atom. The summed E-state index contributed by atoms with van der Waals surface area (Å²) in [4.78, 5) is 37.8. The highest BCUT2D eigenvalue weighted by atomic mass is 35.5. The monoisotopic (exact) mass is 286 g/mol. The molecule has 0 aliphatic rings. The third-order valence-corrected chi connectivity index (χ3v) is 2.47. The lowest BCUT2D eigenvalue weighted by molar-refractivity contribution is -0.140. The van der Waals surface area contributed by atoms with Gasteiger partial charge in [0.1, 0.15) is 13.1 Å².